The van der Waals surface area contributed by atoms with Gasteiger partial charge in [0.05, 0.1) is 0 Å². The van der Waals surface area contributed by atoms with Crippen molar-refractivity contribution in [2.24, 2.45) is 11.3 Å². The molecular weight excluding hydrogens is 563 g/mol. The zero-order chi connectivity index (χ0) is 25.0. The first-order chi connectivity index (χ1) is 14.4. The van der Waals surface area contributed by atoms with Crippen LogP contribution in [0.5, 0.6) is 0 Å². The quantitative estimate of drug-likeness (QED) is 0.279. The molecule has 0 radical (unpaired) electrons. The molecule has 0 saturated carbocycles. The SMILES string of the molecule is CCC1(CC)Cc2cc3c(cc2C1)[C](CC(C)C)([Hf]([CH3])([CH3])([CH3])([CH3])([CH3])([CH3])([CH3])[CH]1C=CC=C1)C=C3. The first-order valence-corrected chi connectivity index (χ1v) is 43.0. The molecule has 0 bridgehead atoms. The van der Waals surface area contributed by atoms with Crippen LogP contribution in [0.15, 0.2) is 42.5 Å². The second-order valence-electron chi connectivity index (χ2n) is 23.4. The Hall–Kier alpha value is -0.690. The fourth-order valence-corrected chi connectivity index (χ4v) is 42.2. The summed E-state index contributed by atoms with van der Waals surface area (Å²) >= 11 is -5.68. The summed E-state index contributed by atoms with van der Waals surface area (Å²) < 4.78 is 19.7. The Kier molecular flexibility index (Phi) is 3.61. The van der Waals surface area contributed by atoms with E-state index in [0.29, 0.717) is 15.0 Å². The maximum absolute atomic E-state index is 5.68. The van der Waals surface area contributed by atoms with E-state index in [1.54, 1.807) is 16.7 Å². The van der Waals surface area contributed by atoms with Crippen molar-refractivity contribution < 1.29 is 12.6 Å². The minimum absolute atomic E-state index is 0.0343. The van der Waals surface area contributed by atoms with Crippen molar-refractivity contribution in [1.29, 1.82) is 0 Å². The monoisotopic (exact) mass is 617 g/mol. The average Bonchev–Trinajstić information content (AvgIpc) is 3.36. The topological polar surface area (TPSA) is 0 Å². The predicted octanol–water partition coefficient (Wildman–Crippen LogP) is 10.9. The van der Waals surface area contributed by atoms with Gasteiger partial charge >= 0.3 is 194 Å². The molecule has 0 amide bonds. The van der Waals surface area contributed by atoms with Crippen LogP contribution < -0.4 is 0 Å². The van der Waals surface area contributed by atoms with E-state index < -0.39 is 12.6 Å². The second kappa shape index (κ2) is 4.69. The Labute approximate surface area is 193 Å². The molecule has 0 N–H and O–H groups in total. The van der Waals surface area contributed by atoms with Crippen LogP contribution in [0.4, 0.5) is 0 Å². The Morgan fingerprint density at radius 2 is 1.36 bits per heavy atom. The van der Waals surface area contributed by atoms with E-state index in [0.717, 1.165) is 0 Å². The van der Waals surface area contributed by atoms with Gasteiger partial charge in [-0.05, 0) is 0 Å². The summed E-state index contributed by atoms with van der Waals surface area (Å²) in [6.07, 6.45) is 21.1. The minimum atomic E-state index is -5.68. The molecule has 3 aliphatic carbocycles. The fourth-order valence-electron chi connectivity index (χ4n) is 8.92. The molecule has 1 aromatic carbocycles. The molecule has 0 spiro atoms. The van der Waals surface area contributed by atoms with Gasteiger partial charge in [0.1, 0.15) is 0 Å². The van der Waals surface area contributed by atoms with E-state index in [1.807, 2.05) is 0 Å². The summed E-state index contributed by atoms with van der Waals surface area (Å²) in [4.78, 5) is 0. The Morgan fingerprint density at radius 3 is 1.85 bits per heavy atom. The van der Waals surface area contributed by atoms with Gasteiger partial charge in [-0.25, -0.2) is 0 Å². The van der Waals surface area contributed by atoms with Crippen molar-refractivity contribution in [1.82, 2.24) is 0 Å². The van der Waals surface area contributed by atoms with Gasteiger partial charge in [0, 0.05) is 0 Å². The molecule has 1 atom stereocenters. The normalized spacial score (nSPS) is 30.1. The Morgan fingerprint density at radius 1 is 0.848 bits per heavy atom. The van der Waals surface area contributed by atoms with Gasteiger partial charge in [-0.2, -0.15) is 0 Å². The second-order valence-corrected chi connectivity index (χ2v) is 133. The van der Waals surface area contributed by atoms with Crippen LogP contribution in [-0.4, -0.2) is 0 Å². The average molecular weight is 616 g/mol. The van der Waals surface area contributed by atoms with Crippen molar-refractivity contribution in [3.63, 3.8) is 0 Å². The van der Waals surface area contributed by atoms with Crippen LogP contribution in [-0.2, 0) is 28.6 Å². The molecule has 1 unspecified atom stereocenters. The Bertz CT molecular complexity index is 1180. The van der Waals surface area contributed by atoms with E-state index in [2.05, 4.69) is 109 Å². The Balaban J connectivity index is 2.13. The van der Waals surface area contributed by atoms with Crippen LogP contribution in [0.2, 0.25) is 36.4 Å². The van der Waals surface area contributed by atoms with E-state index in [1.165, 1.54) is 37.7 Å². The van der Waals surface area contributed by atoms with Gasteiger partial charge in [-0.1, -0.05) is 0 Å². The third-order valence-electron chi connectivity index (χ3n) is 12.4. The molecule has 0 fully saturated rings. The molecule has 0 saturated heterocycles. The van der Waals surface area contributed by atoms with Gasteiger partial charge in [0.15, 0.2) is 0 Å². The molecule has 0 aliphatic heterocycles. The summed E-state index contributed by atoms with van der Waals surface area (Å²) in [5.74, 6) is 0.604. The van der Waals surface area contributed by atoms with Crippen molar-refractivity contribution in [3.8, 4) is 0 Å². The molecule has 0 aromatic heterocycles. The number of rotatable bonds is 6. The van der Waals surface area contributed by atoms with Gasteiger partial charge in [-0.15, -0.1) is 0 Å². The van der Waals surface area contributed by atoms with E-state index in [9.17, 15) is 0 Å². The third-order valence-corrected chi connectivity index (χ3v) is 58.3. The number of hydrogen-bond donors (Lipinski definition) is 0. The molecule has 1 aromatic rings. The van der Waals surface area contributed by atoms with Crippen LogP contribution in [0, 0.1) is 11.3 Å². The van der Waals surface area contributed by atoms with Crippen LogP contribution >= 0.6 is 0 Å². The molecule has 0 nitrogen and oxygen atoms in total. The van der Waals surface area contributed by atoms with Gasteiger partial charge in [0.25, 0.3) is 0 Å². The molecular formula is C32H53Hf. The summed E-state index contributed by atoms with van der Waals surface area (Å²) in [5.41, 5.74) is 6.80. The number of allylic oxidation sites excluding steroid dienone is 5. The maximum atomic E-state index is 2.77. The zero-order valence-corrected chi connectivity index (χ0v) is 27.4. The van der Waals surface area contributed by atoms with Crippen LogP contribution in [0.25, 0.3) is 6.08 Å². The molecule has 4 rings (SSSR count). The van der Waals surface area contributed by atoms with Crippen molar-refractivity contribution in [2.75, 3.05) is 0 Å². The van der Waals surface area contributed by atoms with Crippen molar-refractivity contribution >= 4 is 6.08 Å². The predicted molar refractivity (Wildman–Crippen MR) is 150 cm³/mol. The number of fused-ring (bicyclic) bond motifs is 2. The molecule has 1 heteroatoms. The fraction of sp³-hybridized carbons (Fsp3) is 0.625. The van der Waals surface area contributed by atoms with Crippen molar-refractivity contribution in [3.05, 3.63) is 64.8 Å². The van der Waals surface area contributed by atoms with Gasteiger partial charge in [0.2, 0.25) is 0 Å². The summed E-state index contributed by atoms with van der Waals surface area (Å²) in [6.45, 7) is 9.65. The summed E-state index contributed by atoms with van der Waals surface area (Å²) in [5, 5.41) is 0. The van der Waals surface area contributed by atoms with Crippen molar-refractivity contribution in [2.45, 2.75) is 99.4 Å². The number of hydrogen-bond acceptors (Lipinski definition) is 0. The van der Waals surface area contributed by atoms with Crippen LogP contribution in [0.3, 0.4) is 0 Å². The summed E-state index contributed by atoms with van der Waals surface area (Å²) in [7, 11) is 0. The standard InChI is InChI=1S/C20H27.C5H5.7CH3.Hf/c1-5-20(6-2)12-17-10-16-8-7-15(9-14(3)4)19(16)11-18(17)13-20;1-2-4-5-3-1;;;;;;;;/h7-8,10-11,14H,5-6,9,12-13H2,1-4H3;1-5H;7*1H3;. The van der Waals surface area contributed by atoms with E-state index >= 15 is 0 Å². The molecule has 0 heterocycles. The zero-order valence-electron chi connectivity index (χ0n) is 23.8. The van der Waals surface area contributed by atoms with E-state index in [-0.39, 0.29) is 3.17 Å². The number of benzene rings is 1. The molecule has 33 heavy (non-hydrogen) atoms. The molecule has 185 valence electrons. The van der Waals surface area contributed by atoms with Gasteiger partial charge < -0.3 is 0 Å². The third kappa shape index (κ3) is 2.96. The van der Waals surface area contributed by atoms with Gasteiger partial charge in [-0.3, -0.25) is 0 Å². The summed E-state index contributed by atoms with van der Waals surface area (Å²) in [6, 6.07) is 5.29. The van der Waals surface area contributed by atoms with E-state index in [4.69, 9.17) is 0 Å². The van der Waals surface area contributed by atoms with Crippen LogP contribution in [0.1, 0.15) is 69.2 Å². The first kappa shape index (κ1) is 25.4. The molecule has 3 aliphatic rings. The first-order valence-electron chi connectivity index (χ1n) is 14.0.